The van der Waals surface area contributed by atoms with Crippen LogP contribution in [0.4, 0.5) is 0 Å². The van der Waals surface area contributed by atoms with Crippen molar-refractivity contribution in [1.29, 1.82) is 0 Å². The predicted molar refractivity (Wildman–Crippen MR) is 65.3 cm³/mol. The van der Waals surface area contributed by atoms with Crippen molar-refractivity contribution in [3.63, 3.8) is 0 Å². The zero-order valence-electron chi connectivity index (χ0n) is 11.2. The Morgan fingerprint density at radius 1 is 0.875 bits per heavy atom. The summed E-state index contributed by atoms with van der Waals surface area (Å²) in [4.78, 5) is 0. The van der Waals surface area contributed by atoms with Crippen LogP contribution in [0, 0.1) is 0 Å². The van der Waals surface area contributed by atoms with Crippen LogP contribution in [-0.4, -0.2) is 30.2 Å². The predicted octanol–water partition coefficient (Wildman–Crippen LogP) is 0.758. The van der Waals surface area contributed by atoms with Crippen molar-refractivity contribution in [2.24, 2.45) is 0 Å². The Morgan fingerprint density at radius 3 is 1.50 bits per heavy atom. The average molecular weight is 252 g/mol. The number of aliphatic hydroxyl groups is 1. The molecule has 0 radical (unpaired) electrons. The molecule has 6 heteroatoms. The largest absolute Gasteiger partial charge is 0.389 e. The van der Waals surface area contributed by atoms with Gasteiger partial charge < -0.3 is 5.11 Å². The maximum Gasteiger partial charge on any atom is 0.277 e. The summed E-state index contributed by atoms with van der Waals surface area (Å²) in [6.45, 7) is 11.7. The van der Waals surface area contributed by atoms with E-state index < -0.39 is 26.9 Å². The molecule has 3 N–H and O–H groups in total. The van der Waals surface area contributed by atoms with E-state index in [4.69, 9.17) is 0 Å². The first-order valence-electron chi connectivity index (χ1n) is 5.22. The highest BCUT2D eigenvalue weighted by Gasteiger charge is 2.39. The van der Waals surface area contributed by atoms with Gasteiger partial charge in [-0.15, -0.1) is 0 Å². The quantitative estimate of drug-likeness (QED) is 0.691. The fourth-order valence-corrected chi connectivity index (χ4v) is 2.67. The van der Waals surface area contributed by atoms with Gasteiger partial charge in [0.25, 0.3) is 10.2 Å². The van der Waals surface area contributed by atoms with Crippen LogP contribution in [0.1, 0.15) is 48.5 Å². The van der Waals surface area contributed by atoms with Crippen molar-refractivity contribution < 1.29 is 13.5 Å². The van der Waals surface area contributed by atoms with Crippen molar-refractivity contribution in [3.05, 3.63) is 0 Å². The first-order valence-corrected chi connectivity index (χ1v) is 6.70. The molecule has 0 rings (SSSR count). The lowest BCUT2D eigenvalue weighted by Crippen LogP contribution is -2.61. The Morgan fingerprint density at radius 2 is 1.25 bits per heavy atom. The Balaban J connectivity index is 4.87. The van der Waals surface area contributed by atoms with Gasteiger partial charge in [0.1, 0.15) is 0 Å². The van der Waals surface area contributed by atoms with Crippen molar-refractivity contribution in [2.75, 3.05) is 0 Å². The molecular weight excluding hydrogens is 228 g/mol. The van der Waals surface area contributed by atoms with E-state index in [1.807, 2.05) is 0 Å². The molecule has 16 heavy (non-hydrogen) atoms. The number of rotatable bonds is 4. The molecule has 0 aliphatic carbocycles. The third-order valence-corrected chi connectivity index (χ3v) is 4.02. The maximum atomic E-state index is 11.8. The van der Waals surface area contributed by atoms with E-state index in [1.54, 1.807) is 48.5 Å². The Hall–Kier alpha value is -0.170. The maximum absolute atomic E-state index is 11.8. The Bertz CT molecular complexity index is 334. The van der Waals surface area contributed by atoms with Gasteiger partial charge in [0, 0.05) is 5.54 Å². The second kappa shape index (κ2) is 4.25. The van der Waals surface area contributed by atoms with Crippen LogP contribution >= 0.6 is 0 Å². The van der Waals surface area contributed by atoms with Gasteiger partial charge in [0.15, 0.2) is 0 Å². The number of hydrogen-bond donors (Lipinski definition) is 3. The molecule has 0 saturated heterocycles. The molecule has 0 aromatic rings. The molecule has 0 saturated carbocycles. The molecule has 0 unspecified atom stereocenters. The molecule has 0 bridgehead atoms. The summed E-state index contributed by atoms with van der Waals surface area (Å²) in [5.41, 5.74) is -2.66. The topological polar surface area (TPSA) is 78.4 Å². The highest BCUT2D eigenvalue weighted by Crippen LogP contribution is 2.21. The van der Waals surface area contributed by atoms with Gasteiger partial charge in [-0.25, -0.2) is 0 Å². The lowest BCUT2D eigenvalue weighted by molar-refractivity contribution is 0.00613. The third-order valence-electron chi connectivity index (χ3n) is 2.36. The summed E-state index contributed by atoms with van der Waals surface area (Å²) in [7, 11) is -3.64. The lowest BCUT2D eigenvalue weighted by atomic mass is 9.87. The molecule has 0 atom stereocenters. The Kier molecular flexibility index (Phi) is 4.21. The van der Waals surface area contributed by atoms with E-state index in [2.05, 4.69) is 9.44 Å². The summed E-state index contributed by atoms with van der Waals surface area (Å²) >= 11 is 0. The minimum Gasteiger partial charge on any atom is -0.389 e. The molecular formula is C10H24N2O3S. The van der Waals surface area contributed by atoms with Crippen LogP contribution in [-0.2, 0) is 10.2 Å². The Labute approximate surface area is 98.8 Å². The lowest BCUT2D eigenvalue weighted by Gasteiger charge is -2.38. The molecule has 0 spiro atoms. The zero-order chi connectivity index (χ0) is 13.4. The molecule has 0 heterocycles. The highest BCUT2D eigenvalue weighted by atomic mass is 32.2. The second-order valence-corrected chi connectivity index (χ2v) is 7.56. The molecule has 0 aliphatic heterocycles. The first kappa shape index (κ1) is 15.8. The van der Waals surface area contributed by atoms with Crippen LogP contribution in [0.15, 0.2) is 0 Å². The van der Waals surface area contributed by atoms with Crippen molar-refractivity contribution in [1.82, 2.24) is 9.44 Å². The molecule has 0 aliphatic rings. The van der Waals surface area contributed by atoms with Gasteiger partial charge in [-0.05, 0) is 48.5 Å². The van der Waals surface area contributed by atoms with Gasteiger partial charge in [-0.1, -0.05) is 0 Å². The van der Waals surface area contributed by atoms with Crippen LogP contribution in [0.3, 0.4) is 0 Å². The van der Waals surface area contributed by atoms with Crippen LogP contribution < -0.4 is 9.44 Å². The zero-order valence-corrected chi connectivity index (χ0v) is 12.0. The summed E-state index contributed by atoms with van der Waals surface area (Å²) < 4.78 is 28.5. The van der Waals surface area contributed by atoms with Crippen molar-refractivity contribution in [3.8, 4) is 0 Å². The molecule has 0 aromatic heterocycles. The van der Waals surface area contributed by atoms with Crippen molar-refractivity contribution >= 4 is 10.2 Å². The molecule has 0 aromatic carbocycles. The third kappa shape index (κ3) is 5.25. The van der Waals surface area contributed by atoms with Crippen LogP contribution in [0.25, 0.3) is 0 Å². The normalized spacial score (nSPS) is 15.2. The SMILES string of the molecule is CC(C)(C)NS(=O)(=O)NC(C)(C)C(C)(C)O. The van der Waals surface area contributed by atoms with E-state index in [0.717, 1.165) is 0 Å². The summed E-state index contributed by atoms with van der Waals surface area (Å²) in [6, 6.07) is 0. The highest BCUT2D eigenvalue weighted by molar-refractivity contribution is 7.87. The first-order chi connectivity index (χ1) is 6.66. The smallest absolute Gasteiger partial charge is 0.277 e. The van der Waals surface area contributed by atoms with Crippen LogP contribution in [0.5, 0.6) is 0 Å². The molecule has 0 fully saturated rings. The fourth-order valence-electron chi connectivity index (χ4n) is 0.889. The summed E-state index contributed by atoms with van der Waals surface area (Å²) in [6.07, 6.45) is 0. The summed E-state index contributed by atoms with van der Waals surface area (Å²) in [5.74, 6) is 0. The van der Waals surface area contributed by atoms with Gasteiger partial charge in [-0.2, -0.15) is 17.9 Å². The second-order valence-electron chi connectivity index (χ2n) is 6.14. The van der Waals surface area contributed by atoms with Gasteiger partial charge >= 0.3 is 0 Å². The molecule has 0 amide bonds. The van der Waals surface area contributed by atoms with E-state index >= 15 is 0 Å². The molecule has 5 nitrogen and oxygen atoms in total. The standard InChI is InChI=1S/C10H24N2O3S/c1-8(2,3)11-16(14,15)12-9(4,5)10(6,7)13/h11-13H,1-7H3. The number of nitrogens with one attached hydrogen (secondary N) is 2. The van der Waals surface area contributed by atoms with E-state index in [-0.39, 0.29) is 0 Å². The van der Waals surface area contributed by atoms with Gasteiger partial charge in [-0.3, -0.25) is 0 Å². The monoisotopic (exact) mass is 252 g/mol. The van der Waals surface area contributed by atoms with E-state index in [0.29, 0.717) is 0 Å². The van der Waals surface area contributed by atoms with Crippen LogP contribution in [0.2, 0.25) is 0 Å². The van der Waals surface area contributed by atoms with E-state index in [1.165, 1.54) is 0 Å². The van der Waals surface area contributed by atoms with Gasteiger partial charge in [0.05, 0.1) is 11.1 Å². The summed E-state index contributed by atoms with van der Waals surface area (Å²) in [5, 5.41) is 9.85. The minimum atomic E-state index is -3.64. The van der Waals surface area contributed by atoms with Gasteiger partial charge in [0.2, 0.25) is 0 Å². The minimum absolute atomic E-state index is 0.554. The van der Waals surface area contributed by atoms with Crippen molar-refractivity contribution in [2.45, 2.75) is 65.1 Å². The fraction of sp³-hybridized carbons (Fsp3) is 1.00. The average Bonchev–Trinajstić information content (AvgIpc) is 1.72. The van der Waals surface area contributed by atoms with E-state index in [9.17, 15) is 13.5 Å². The number of hydrogen-bond acceptors (Lipinski definition) is 3. The molecule has 98 valence electrons.